The highest BCUT2D eigenvalue weighted by molar-refractivity contribution is 5.78. The number of piperidine rings is 1. The van der Waals surface area contributed by atoms with Gasteiger partial charge in [-0.1, -0.05) is 5.16 Å². The van der Waals surface area contributed by atoms with Crippen molar-refractivity contribution in [3.05, 3.63) is 11.7 Å². The van der Waals surface area contributed by atoms with Gasteiger partial charge in [0.15, 0.2) is 5.82 Å². The third-order valence-corrected chi connectivity index (χ3v) is 4.71. The molecule has 0 spiro atoms. The molecular formula is C15H25N5O2. The maximum Gasteiger partial charge on any atom is 0.236 e. The number of amides is 1. The normalized spacial score (nSPS) is 22.2. The Morgan fingerprint density at radius 1 is 1.18 bits per heavy atom. The number of piperazine rings is 1. The summed E-state index contributed by atoms with van der Waals surface area (Å²) >= 11 is 0. The van der Waals surface area contributed by atoms with Gasteiger partial charge < -0.3 is 14.3 Å². The summed E-state index contributed by atoms with van der Waals surface area (Å²) in [6, 6.07) is 0. The number of aryl methyl sites for hydroxylation is 1. The summed E-state index contributed by atoms with van der Waals surface area (Å²) in [5.41, 5.74) is 0. The number of hydrogen-bond acceptors (Lipinski definition) is 6. The lowest BCUT2D eigenvalue weighted by Crippen LogP contribution is -2.50. The van der Waals surface area contributed by atoms with Gasteiger partial charge in [-0.05, 0) is 33.0 Å². The molecule has 0 N–H and O–H groups in total. The molecule has 2 saturated heterocycles. The first kappa shape index (κ1) is 15.4. The molecule has 1 aromatic rings. The molecule has 3 heterocycles. The number of likely N-dealkylation sites (N-methyl/N-ethyl adjacent to an activating group) is 1. The fourth-order valence-electron chi connectivity index (χ4n) is 3.18. The summed E-state index contributed by atoms with van der Waals surface area (Å²) in [4.78, 5) is 23.2. The fraction of sp³-hybridized carbons (Fsp3) is 0.800. The van der Waals surface area contributed by atoms with Crippen LogP contribution in [0.5, 0.6) is 0 Å². The molecule has 22 heavy (non-hydrogen) atoms. The predicted octanol–water partition coefficient (Wildman–Crippen LogP) is 0.331. The van der Waals surface area contributed by atoms with E-state index in [1.165, 1.54) is 0 Å². The molecule has 0 unspecified atom stereocenters. The monoisotopic (exact) mass is 307 g/mol. The Balaban J connectivity index is 1.44. The van der Waals surface area contributed by atoms with Gasteiger partial charge in [-0.3, -0.25) is 9.69 Å². The van der Waals surface area contributed by atoms with E-state index >= 15 is 0 Å². The zero-order valence-electron chi connectivity index (χ0n) is 13.5. The molecular weight excluding hydrogens is 282 g/mol. The number of likely N-dealkylation sites (tertiary alicyclic amines) is 1. The van der Waals surface area contributed by atoms with Crippen molar-refractivity contribution in [1.29, 1.82) is 0 Å². The minimum atomic E-state index is 0.266. The van der Waals surface area contributed by atoms with Gasteiger partial charge in [-0.25, -0.2) is 0 Å². The largest absolute Gasteiger partial charge is 0.340 e. The smallest absolute Gasteiger partial charge is 0.236 e. The molecule has 0 bridgehead atoms. The molecule has 2 aliphatic heterocycles. The SMILES string of the molecule is Cc1nc(C2CCN(CC(=O)N3CCN(C)CC3)CC2)no1. The first-order valence-electron chi connectivity index (χ1n) is 8.10. The number of carbonyl (C=O) groups is 1. The van der Waals surface area contributed by atoms with E-state index in [0.717, 1.165) is 57.9 Å². The van der Waals surface area contributed by atoms with E-state index in [1.54, 1.807) is 0 Å². The van der Waals surface area contributed by atoms with Crippen LogP contribution >= 0.6 is 0 Å². The van der Waals surface area contributed by atoms with Crippen molar-refractivity contribution in [3.8, 4) is 0 Å². The first-order chi connectivity index (χ1) is 10.6. The molecule has 1 aromatic heterocycles. The van der Waals surface area contributed by atoms with E-state index in [1.807, 2.05) is 11.8 Å². The second kappa shape index (κ2) is 6.75. The van der Waals surface area contributed by atoms with E-state index < -0.39 is 0 Å². The number of aromatic nitrogens is 2. The summed E-state index contributed by atoms with van der Waals surface area (Å²) in [5, 5.41) is 4.02. The molecule has 1 amide bonds. The summed E-state index contributed by atoms with van der Waals surface area (Å²) in [6.45, 7) is 7.88. The molecule has 2 aliphatic rings. The van der Waals surface area contributed by atoms with Gasteiger partial charge in [-0.15, -0.1) is 0 Å². The predicted molar refractivity (Wildman–Crippen MR) is 81.5 cm³/mol. The number of hydrogen-bond donors (Lipinski definition) is 0. The molecule has 7 nitrogen and oxygen atoms in total. The molecule has 122 valence electrons. The summed E-state index contributed by atoms with van der Waals surface area (Å²) in [5.74, 6) is 2.08. The van der Waals surface area contributed by atoms with Gasteiger partial charge in [0.05, 0.1) is 6.54 Å². The van der Waals surface area contributed by atoms with Crippen molar-refractivity contribution < 1.29 is 9.32 Å². The lowest BCUT2D eigenvalue weighted by molar-refractivity contribution is -0.134. The molecule has 7 heteroatoms. The van der Waals surface area contributed by atoms with Crippen LogP contribution < -0.4 is 0 Å². The van der Waals surface area contributed by atoms with E-state index in [9.17, 15) is 4.79 Å². The van der Waals surface area contributed by atoms with Crippen LogP contribution in [-0.2, 0) is 4.79 Å². The van der Waals surface area contributed by atoms with Gasteiger partial charge in [0.2, 0.25) is 11.8 Å². The van der Waals surface area contributed by atoms with Crippen molar-refractivity contribution in [2.75, 3.05) is 52.9 Å². The minimum absolute atomic E-state index is 0.266. The maximum absolute atomic E-state index is 12.4. The Bertz CT molecular complexity index is 502. The topological polar surface area (TPSA) is 65.7 Å². The number of nitrogens with zero attached hydrogens (tertiary/aromatic N) is 5. The highest BCUT2D eigenvalue weighted by Gasteiger charge is 2.27. The molecule has 0 aliphatic carbocycles. The standard InChI is InChI=1S/C15H25N5O2/c1-12-16-15(17-22-12)13-3-5-19(6-4-13)11-14(21)20-9-7-18(2)8-10-20/h13H,3-11H2,1-2H3. The van der Waals surface area contributed by atoms with E-state index in [4.69, 9.17) is 4.52 Å². The van der Waals surface area contributed by atoms with Crippen LogP contribution in [0.4, 0.5) is 0 Å². The summed E-state index contributed by atoms with van der Waals surface area (Å²) < 4.78 is 5.06. The van der Waals surface area contributed by atoms with Crippen LogP contribution in [0.1, 0.15) is 30.5 Å². The lowest BCUT2D eigenvalue weighted by atomic mass is 9.96. The number of carbonyl (C=O) groups excluding carboxylic acids is 1. The zero-order chi connectivity index (χ0) is 15.5. The van der Waals surface area contributed by atoms with Crippen molar-refractivity contribution in [2.24, 2.45) is 0 Å². The molecule has 0 atom stereocenters. The summed E-state index contributed by atoms with van der Waals surface area (Å²) in [6.07, 6.45) is 1.99. The Morgan fingerprint density at radius 2 is 1.86 bits per heavy atom. The van der Waals surface area contributed by atoms with Crippen LogP contribution in [0.25, 0.3) is 0 Å². The average molecular weight is 307 g/mol. The molecule has 0 radical (unpaired) electrons. The lowest BCUT2D eigenvalue weighted by Gasteiger charge is -2.35. The zero-order valence-corrected chi connectivity index (χ0v) is 13.5. The third kappa shape index (κ3) is 3.64. The van der Waals surface area contributed by atoms with Crippen molar-refractivity contribution >= 4 is 5.91 Å². The molecule has 0 saturated carbocycles. The first-order valence-corrected chi connectivity index (χ1v) is 8.10. The number of rotatable bonds is 3. The van der Waals surface area contributed by atoms with Crippen molar-refractivity contribution in [2.45, 2.75) is 25.7 Å². The van der Waals surface area contributed by atoms with Crippen molar-refractivity contribution in [3.63, 3.8) is 0 Å². The Morgan fingerprint density at radius 3 is 2.45 bits per heavy atom. The highest BCUT2D eigenvalue weighted by atomic mass is 16.5. The highest BCUT2D eigenvalue weighted by Crippen LogP contribution is 2.25. The van der Waals surface area contributed by atoms with Crippen LogP contribution in [0.2, 0.25) is 0 Å². The minimum Gasteiger partial charge on any atom is -0.340 e. The fourth-order valence-corrected chi connectivity index (χ4v) is 3.18. The summed E-state index contributed by atoms with van der Waals surface area (Å²) in [7, 11) is 2.10. The molecule has 3 rings (SSSR count). The quantitative estimate of drug-likeness (QED) is 0.802. The maximum atomic E-state index is 12.4. The van der Waals surface area contributed by atoms with Gasteiger partial charge in [0.25, 0.3) is 0 Å². The second-order valence-corrected chi connectivity index (χ2v) is 6.41. The Labute approximate surface area is 131 Å². The van der Waals surface area contributed by atoms with E-state index in [2.05, 4.69) is 27.0 Å². The Kier molecular flexibility index (Phi) is 4.73. The van der Waals surface area contributed by atoms with E-state index in [0.29, 0.717) is 18.4 Å². The molecule has 2 fully saturated rings. The van der Waals surface area contributed by atoms with Crippen LogP contribution in [0.15, 0.2) is 4.52 Å². The second-order valence-electron chi connectivity index (χ2n) is 6.41. The van der Waals surface area contributed by atoms with Crippen LogP contribution in [0.3, 0.4) is 0 Å². The van der Waals surface area contributed by atoms with Gasteiger partial charge in [0.1, 0.15) is 0 Å². The average Bonchev–Trinajstić information content (AvgIpc) is 2.95. The van der Waals surface area contributed by atoms with E-state index in [-0.39, 0.29) is 5.91 Å². The van der Waals surface area contributed by atoms with Gasteiger partial charge in [0, 0.05) is 39.0 Å². The van der Waals surface area contributed by atoms with Gasteiger partial charge in [-0.2, -0.15) is 4.98 Å². The Hall–Kier alpha value is -1.47. The van der Waals surface area contributed by atoms with Gasteiger partial charge >= 0.3 is 0 Å². The molecule has 0 aromatic carbocycles. The van der Waals surface area contributed by atoms with Crippen LogP contribution in [-0.4, -0.2) is 83.6 Å². The van der Waals surface area contributed by atoms with Crippen molar-refractivity contribution in [1.82, 2.24) is 24.8 Å². The third-order valence-electron chi connectivity index (χ3n) is 4.71. The van der Waals surface area contributed by atoms with Crippen LogP contribution in [0, 0.1) is 6.92 Å².